The fourth-order valence-corrected chi connectivity index (χ4v) is 7.22. The van der Waals surface area contributed by atoms with Gasteiger partial charge in [-0.2, -0.15) is 5.26 Å². The van der Waals surface area contributed by atoms with E-state index in [0.29, 0.717) is 11.1 Å². The molecule has 0 bridgehead atoms. The molecule has 196 valence electrons. The lowest BCUT2D eigenvalue weighted by Gasteiger charge is -2.53. The highest BCUT2D eigenvalue weighted by Crippen LogP contribution is 2.49. The van der Waals surface area contributed by atoms with E-state index < -0.39 is 43.1 Å². The van der Waals surface area contributed by atoms with Gasteiger partial charge in [0.2, 0.25) is 5.88 Å². The molecule has 0 saturated carbocycles. The molecule has 11 heteroatoms. The van der Waals surface area contributed by atoms with Crippen molar-refractivity contribution >= 4 is 15.7 Å². The molecule has 2 aliphatic heterocycles. The van der Waals surface area contributed by atoms with E-state index in [2.05, 4.69) is 10.3 Å². The number of nitriles is 1. The van der Waals surface area contributed by atoms with Crippen molar-refractivity contribution in [2.24, 2.45) is 0 Å². The molecule has 38 heavy (non-hydrogen) atoms. The number of halogens is 2. The number of sulfone groups is 1. The van der Waals surface area contributed by atoms with Crippen LogP contribution in [0.1, 0.15) is 43.1 Å². The summed E-state index contributed by atoms with van der Waals surface area (Å²) in [4.78, 5) is 4.07. The van der Waals surface area contributed by atoms with Crippen LogP contribution in [0.25, 0.3) is 0 Å². The van der Waals surface area contributed by atoms with E-state index in [1.807, 2.05) is 6.07 Å². The van der Waals surface area contributed by atoms with Gasteiger partial charge in [0.1, 0.15) is 33.5 Å². The summed E-state index contributed by atoms with van der Waals surface area (Å²) >= 11 is 0. The Kier molecular flexibility index (Phi) is 6.20. The quantitative estimate of drug-likeness (QED) is 0.500. The molecule has 2 N–H and O–H groups in total. The van der Waals surface area contributed by atoms with Crippen molar-refractivity contribution in [1.82, 2.24) is 10.3 Å². The van der Waals surface area contributed by atoms with Gasteiger partial charge >= 0.3 is 0 Å². The van der Waals surface area contributed by atoms with Gasteiger partial charge in [-0.1, -0.05) is 12.1 Å². The Morgan fingerprint density at radius 3 is 2.61 bits per heavy atom. The molecule has 0 spiro atoms. The first-order valence-electron chi connectivity index (χ1n) is 11.8. The Bertz CT molecular complexity index is 1570. The van der Waals surface area contributed by atoms with E-state index in [-0.39, 0.29) is 36.1 Å². The minimum atomic E-state index is -4.06. The minimum absolute atomic E-state index is 0.0437. The van der Waals surface area contributed by atoms with Gasteiger partial charge in [0.25, 0.3) is 0 Å². The zero-order valence-corrected chi connectivity index (χ0v) is 21.4. The van der Waals surface area contributed by atoms with Crippen molar-refractivity contribution in [2.45, 2.75) is 41.9 Å². The molecule has 8 nitrogen and oxygen atoms in total. The molecule has 1 aromatic heterocycles. The van der Waals surface area contributed by atoms with Crippen LogP contribution in [-0.2, 0) is 20.1 Å². The number of rotatable bonds is 4. The van der Waals surface area contributed by atoms with Crippen LogP contribution >= 0.6 is 0 Å². The first-order valence-corrected chi connectivity index (χ1v) is 13.3. The molecule has 5 rings (SSSR count). The van der Waals surface area contributed by atoms with Crippen molar-refractivity contribution in [2.75, 3.05) is 6.61 Å². The molecule has 3 atom stereocenters. The predicted octanol–water partition coefficient (Wildman–Crippen LogP) is 4.52. The average molecular weight is 539 g/mol. The minimum Gasteiger partial charge on any atom is -0.439 e. The van der Waals surface area contributed by atoms with Crippen LogP contribution in [0.2, 0.25) is 0 Å². The fraction of sp³-hybridized carbons (Fsp3) is 0.296. The highest BCUT2D eigenvalue weighted by atomic mass is 32.2. The molecule has 0 amide bonds. The second-order valence-corrected chi connectivity index (χ2v) is 12.5. The first-order chi connectivity index (χ1) is 18.0. The molecule has 3 aromatic rings. The van der Waals surface area contributed by atoms with Crippen LogP contribution in [0, 0.1) is 28.4 Å². The second kappa shape index (κ2) is 9.15. The summed E-state index contributed by atoms with van der Waals surface area (Å²) in [6.45, 7) is 2.60. The molecule has 2 saturated heterocycles. The summed E-state index contributed by atoms with van der Waals surface area (Å²) in [5.41, 5.74) is -0.764. The van der Waals surface area contributed by atoms with Crippen molar-refractivity contribution in [3.8, 4) is 17.7 Å². The molecule has 2 aromatic carbocycles. The molecule has 0 unspecified atom stereocenters. The molecular weight excluding hydrogens is 514 g/mol. The van der Waals surface area contributed by atoms with Crippen LogP contribution in [0.15, 0.2) is 60.8 Å². The van der Waals surface area contributed by atoms with Crippen LogP contribution in [0.5, 0.6) is 11.6 Å². The van der Waals surface area contributed by atoms with E-state index in [1.54, 1.807) is 0 Å². The molecule has 0 aliphatic carbocycles. The Balaban J connectivity index is 1.60. The third-order valence-corrected chi connectivity index (χ3v) is 10.2. The van der Waals surface area contributed by atoms with E-state index >= 15 is 4.39 Å². The maximum Gasteiger partial charge on any atom is 0.220 e. The number of ether oxygens (including phenoxy) is 2. The number of hydrogen-bond donors (Lipinski definition) is 2. The highest BCUT2D eigenvalue weighted by molar-refractivity contribution is 7.94. The number of fused-ring (bicyclic) bond motifs is 1. The van der Waals surface area contributed by atoms with E-state index in [0.717, 1.165) is 6.07 Å². The van der Waals surface area contributed by atoms with Gasteiger partial charge in [0.05, 0.1) is 29.6 Å². The van der Waals surface area contributed by atoms with Crippen LogP contribution in [-0.4, -0.2) is 35.8 Å². The Labute approximate surface area is 218 Å². The lowest BCUT2D eigenvalue weighted by atomic mass is 9.80. The van der Waals surface area contributed by atoms with Gasteiger partial charge in [-0.25, -0.2) is 22.2 Å². The number of pyridine rings is 1. The van der Waals surface area contributed by atoms with Gasteiger partial charge in [-0.15, -0.1) is 0 Å². The third-order valence-electron chi connectivity index (χ3n) is 7.27. The van der Waals surface area contributed by atoms with E-state index in [4.69, 9.17) is 20.1 Å². The van der Waals surface area contributed by atoms with Gasteiger partial charge in [-0.05, 0) is 62.2 Å². The van der Waals surface area contributed by atoms with E-state index in [9.17, 15) is 12.8 Å². The topological polar surface area (TPSA) is 125 Å². The standard InChI is InChI=1S/C27H24F2N4O4S/c1-26(2)25(31)33-27(15-36-22(13-23(27)38(26,34)35)17-3-5-18(28)6-4-17)20-12-19(7-8-21(20)29)37-24-11-16(14-30)9-10-32-24/h3-12,22-23H,13,15H2,1-2H3,(H2,31,33)/t22-,23-,27-/m1/s1. The summed E-state index contributed by atoms with van der Waals surface area (Å²) in [6.07, 6.45) is 0.665. The lowest BCUT2D eigenvalue weighted by molar-refractivity contribution is -0.0383. The number of aromatic nitrogens is 1. The first kappa shape index (κ1) is 25.8. The number of nitrogens with zero attached hydrogens (tertiary/aromatic N) is 2. The number of amidine groups is 1. The van der Waals surface area contributed by atoms with Crippen molar-refractivity contribution < 1.29 is 26.7 Å². The summed E-state index contributed by atoms with van der Waals surface area (Å²) in [5, 5.41) is 19.5. The maximum absolute atomic E-state index is 15.5. The number of benzene rings is 2. The summed E-state index contributed by atoms with van der Waals surface area (Å²) < 4.78 is 67.2. The predicted molar refractivity (Wildman–Crippen MR) is 134 cm³/mol. The van der Waals surface area contributed by atoms with Gasteiger partial charge in [0.15, 0.2) is 9.84 Å². The Hall–Kier alpha value is -3.88. The van der Waals surface area contributed by atoms with Crippen molar-refractivity contribution in [1.29, 1.82) is 10.7 Å². The molecular formula is C27H24F2N4O4S. The molecule has 0 radical (unpaired) electrons. The summed E-state index contributed by atoms with van der Waals surface area (Å²) in [5.74, 6) is -1.17. The summed E-state index contributed by atoms with van der Waals surface area (Å²) in [7, 11) is -4.06. The number of hydrogen-bond acceptors (Lipinski definition) is 7. The molecule has 2 aliphatic rings. The van der Waals surface area contributed by atoms with Crippen molar-refractivity contribution in [3.05, 3.63) is 89.1 Å². The van der Waals surface area contributed by atoms with Crippen LogP contribution < -0.4 is 10.1 Å². The third kappa shape index (κ3) is 4.10. The molecule has 3 heterocycles. The Morgan fingerprint density at radius 1 is 1.16 bits per heavy atom. The van der Waals surface area contributed by atoms with Gasteiger partial charge < -0.3 is 14.8 Å². The highest BCUT2D eigenvalue weighted by Gasteiger charge is 2.62. The average Bonchev–Trinajstić information content (AvgIpc) is 2.89. The van der Waals surface area contributed by atoms with Gasteiger partial charge in [-0.3, -0.25) is 5.41 Å². The monoisotopic (exact) mass is 538 g/mol. The smallest absolute Gasteiger partial charge is 0.220 e. The zero-order valence-electron chi connectivity index (χ0n) is 20.5. The second-order valence-electron chi connectivity index (χ2n) is 9.84. The maximum atomic E-state index is 15.5. The summed E-state index contributed by atoms with van der Waals surface area (Å²) in [6, 6.07) is 14.4. The zero-order chi connectivity index (χ0) is 27.3. The molecule has 2 fully saturated rings. The fourth-order valence-electron chi connectivity index (χ4n) is 4.96. The number of nitrogens with one attached hydrogen (secondary N) is 2. The SMILES string of the molecule is CC1(C)C(=N)N[C@@]2(c3cc(Oc4cc(C#N)ccn4)ccc3F)CO[C@@H](c3ccc(F)cc3)C[C@H]2S1(=O)=O. The van der Waals surface area contributed by atoms with Crippen LogP contribution in [0.4, 0.5) is 8.78 Å². The largest absolute Gasteiger partial charge is 0.439 e. The van der Waals surface area contributed by atoms with Gasteiger partial charge in [0, 0.05) is 17.8 Å². The lowest BCUT2D eigenvalue weighted by Crippen LogP contribution is -2.72. The van der Waals surface area contributed by atoms with Crippen LogP contribution in [0.3, 0.4) is 0 Å². The normalized spacial score (nSPS) is 25.5. The van der Waals surface area contributed by atoms with Crippen molar-refractivity contribution in [3.63, 3.8) is 0 Å². The van der Waals surface area contributed by atoms with E-state index in [1.165, 1.54) is 68.6 Å². The Morgan fingerprint density at radius 2 is 1.89 bits per heavy atom.